The van der Waals surface area contributed by atoms with Crippen LogP contribution in [0.25, 0.3) is 0 Å². The number of ether oxygens (including phenoxy) is 1. The molecule has 44 heavy (non-hydrogen) atoms. The molecule has 3 fully saturated rings. The molecule has 0 atom stereocenters. The molecule has 0 bridgehead atoms. The van der Waals surface area contributed by atoms with Crippen molar-refractivity contribution in [1.29, 1.82) is 0 Å². The largest absolute Gasteiger partial charge is 0.453 e. The summed E-state index contributed by atoms with van der Waals surface area (Å²) >= 11 is 0. The van der Waals surface area contributed by atoms with E-state index in [2.05, 4.69) is 19.5 Å². The smallest absolute Gasteiger partial charge is 0.258 e. The predicted molar refractivity (Wildman–Crippen MR) is 171 cm³/mol. The second-order valence-electron chi connectivity index (χ2n) is 13.8. The number of amides is 1. The lowest BCUT2D eigenvalue weighted by atomic mass is 9.71. The number of anilines is 1. The van der Waals surface area contributed by atoms with E-state index in [0.29, 0.717) is 17.4 Å². The number of hydrogen-bond acceptors (Lipinski definition) is 7. The fourth-order valence-electron chi connectivity index (χ4n) is 7.38. The van der Waals surface area contributed by atoms with Crippen LogP contribution < -0.4 is 14.4 Å². The maximum absolute atomic E-state index is 14.3. The van der Waals surface area contributed by atoms with Crippen molar-refractivity contribution in [2.45, 2.75) is 84.3 Å². The van der Waals surface area contributed by atoms with Gasteiger partial charge in [0.05, 0.1) is 23.7 Å². The quantitative estimate of drug-likeness (QED) is 0.382. The van der Waals surface area contributed by atoms with E-state index in [1.54, 1.807) is 17.3 Å². The minimum Gasteiger partial charge on any atom is -0.453 e. The Morgan fingerprint density at radius 2 is 1.73 bits per heavy atom. The highest BCUT2D eigenvalue weighted by molar-refractivity contribution is 7.88. The molecule has 5 rings (SSSR count). The van der Waals surface area contributed by atoms with Gasteiger partial charge in [-0.25, -0.2) is 17.5 Å². The van der Waals surface area contributed by atoms with Crippen LogP contribution in [0.5, 0.6) is 11.5 Å². The number of nitrogens with one attached hydrogen (secondary N) is 1. The highest BCUT2D eigenvalue weighted by Crippen LogP contribution is 2.46. The summed E-state index contributed by atoms with van der Waals surface area (Å²) in [6, 6.07) is 6.05. The Kier molecular flexibility index (Phi) is 9.87. The monoisotopic (exact) mass is 629 g/mol. The number of piperidine rings is 1. The maximum Gasteiger partial charge on any atom is 0.258 e. The van der Waals surface area contributed by atoms with Crippen LogP contribution in [0.3, 0.4) is 0 Å². The highest BCUT2D eigenvalue weighted by atomic mass is 32.2. The van der Waals surface area contributed by atoms with E-state index in [-0.39, 0.29) is 35.0 Å². The number of halogens is 1. The number of aromatic nitrogens is 1. The zero-order chi connectivity index (χ0) is 31.6. The minimum atomic E-state index is -3.14. The van der Waals surface area contributed by atoms with Crippen LogP contribution in [0.2, 0.25) is 0 Å². The van der Waals surface area contributed by atoms with Crippen molar-refractivity contribution in [3.05, 3.63) is 48.0 Å². The van der Waals surface area contributed by atoms with E-state index in [1.165, 1.54) is 24.5 Å². The summed E-state index contributed by atoms with van der Waals surface area (Å²) in [6.45, 7) is 12.9. The third-order valence-electron chi connectivity index (χ3n) is 9.56. The van der Waals surface area contributed by atoms with Crippen LogP contribution in [-0.4, -0.2) is 86.2 Å². The topological polar surface area (TPSA) is 95.1 Å². The summed E-state index contributed by atoms with van der Waals surface area (Å²) < 4.78 is 46.6. The van der Waals surface area contributed by atoms with Crippen molar-refractivity contribution in [1.82, 2.24) is 19.5 Å². The Labute approximate surface area is 262 Å². The van der Waals surface area contributed by atoms with Crippen molar-refractivity contribution in [3.63, 3.8) is 0 Å². The van der Waals surface area contributed by atoms with Crippen LogP contribution in [0, 0.1) is 17.2 Å². The zero-order valence-corrected chi connectivity index (χ0v) is 27.6. The molecule has 0 unspecified atom stereocenters. The number of likely N-dealkylation sites (tertiary alicyclic amines) is 1. The molecule has 9 nitrogen and oxygen atoms in total. The molecule has 0 radical (unpaired) electrons. The Morgan fingerprint density at radius 3 is 2.34 bits per heavy atom. The van der Waals surface area contributed by atoms with Gasteiger partial charge in [0.1, 0.15) is 11.6 Å². The van der Waals surface area contributed by atoms with Gasteiger partial charge in [-0.15, -0.1) is 0 Å². The molecule has 1 aromatic carbocycles. The summed E-state index contributed by atoms with van der Waals surface area (Å²) in [5, 5.41) is 0. The number of carbonyl (C=O) groups excluding carboxylic acids is 1. The SMILES string of the molecule is CC(C)N(C(=O)c1cc(F)ccc1Oc1cnccc1N1CC2(CCN(C[C@H]3CC[C@H](NS(C)(=O)=O)CC3)CC2)C1)C(C)C. The van der Waals surface area contributed by atoms with Crippen LogP contribution in [0.15, 0.2) is 36.7 Å². The molecular formula is C33H48FN5O4S. The number of hydrogen-bond donors (Lipinski definition) is 1. The van der Waals surface area contributed by atoms with Gasteiger partial charge in [0.25, 0.3) is 5.91 Å². The Balaban J connectivity index is 1.18. The Morgan fingerprint density at radius 1 is 1.07 bits per heavy atom. The summed E-state index contributed by atoms with van der Waals surface area (Å²) in [7, 11) is -3.14. The van der Waals surface area contributed by atoms with Gasteiger partial charge in [0, 0.05) is 49.4 Å². The lowest BCUT2D eigenvalue weighted by Crippen LogP contribution is -2.60. The van der Waals surface area contributed by atoms with Gasteiger partial charge >= 0.3 is 0 Å². The van der Waals surface area contributed by atoms with Gasteiger partial charge in [-0.1, -0.05) is 0 Å². The summed E-state index contributed by atoms with van der Waals surface area (Å²) in [5.41, 5.74) is 1.41. The molecule has 11 heteroatoms. The lowest BCUT2D eigenvalue weighted by Gasteiger charge is -2.55. The van der Waals surface area contributed by atoms with E-state index in [9.17, 15) is 17.6 Å². The van der Waals surface area contributed by atoms with Crippen LogP contribution in [0.4, 0.5) is 10.1 Å². The van der Waals surface area contributed by atoms with E-state index < -0.39 is 15.8 Å². The number of carbonyl (C=O) groups is 1. The molecule has 2 aliphatic heterocycles. The predicted octanol–water partition coefficient (Wildman–Crippen LogP) is 5.28. The first-order valence-corrected chi connectivity index (χ1v) is 17.9. The molecule has 3 heterocycles. The first kappa shape index (κ1) is 32.6. The molecule has 1 spiro atoms. The summed E-state index contributed by atoms with van der Waals surface area (Å²) in [5.74, 6) is 0.770. The van der Waals surface area contributed by atoms with Crippen molar-refractivity contribution in [2.75, 3.05) is 43.9 Å². The van der Waals surface area contributed by atoms with Crippen molar-refractivity contribution in [2.24, 2.45) is 11.3 Å². The number of benzene rings is 1. The second-order valence-corrected chi connectivity index (χ2v) is 15.5. The van der Waals surface area contributed by atoms with E-state index >= 15 is 0 Å². The Hall–Kier alpha value is -2.76. The average Bonchev–Trinajstić information content (AvgIpc) is 2.93. The molecule has 1 amide bonds. The molecule has 2 saturated heterocycles. The number of sulfonamides is 1. The van der Waals surface area contributed by atoms with Crippen LogP contribution >= 0.6 is 0 Å². The van der Waals surface area contributed by atoms with Gasteiger partial charge in [-0.05, 0) is 109 Å². The van der Waals surface area contributed by atoms with E-state index in [0.717, 1.165) is 76.9 Å². The fourth-order valence-corrected chi connectivity index (χ4v) is 8.23. The fraction of sp³-hybridized carbons (Fsp3) is 0.636. The number of pyridine rings is 1. The van der Waals surface area contributed by atoms with Crippen LogP contribution in [0.1, 0.15) is 76.6 Å². The first-order chi connectivity index (χ1) is 20.8. The number of rotatable bonds is 10. The second kappa shape index (κ2) is 13.3. The molecule has 1 saturated carbocycles. The Bertz CT molecular complexity index is 1400. The number of nitrogens with zero attached hydrogens (tertiary/aromatic N) is 4. The molecule has 3 aliphatic rings. The summed E-state index contributed by atoms with van der Waals surface area (Å²) in [4.78, 5) is 24.5. The molecule has 2 aromatic rings. The average molecular weight is 630 g/mol. The van der Waals surface area contributed by atoms with Crippen molar-refractivity contribution >= 4 is 21.6 Å². The third-order valence-corrected chi connectivity index (χ3v) is 10.3. The van der Waals surface area contributed by atoms with Crippen molar-refractivity contribution in [3.8, 4) is 11.5 Å². The van der Waals surface area contributed by atoms with E-state index in [1.807, 2.05) is 33.8 Å². The maximum atomic E-state index is 14.3. The zero-order valence-electron chi connectivity index (χ0n) is 26.8. The molecule has 1 aromatic heterocycles. The van der Waals surface area contributed by atoms with Gasteiger partial charge < -0.3 is 19.4 Å². The normalized spacial score (nSPS) is 22.3. The van der Waals surface area contributed by atoms with E-state index in [4.69, 9.17) is 4.74 Å². The third kappa shape index (κ3) is 7.72. The van der Waals surface area contributed by atoms with Gasteiger partial charge in [0.2, 0.25) is 10.0 Å². The molecule has 1 N–H and O–H groups in total. The summed E-state index contributed by atoms with van der Waals surface area (Å²) in [6.07, 6.45) is 10.9. The molecule has 242 valence electrons. The molecular weight excluding hydrogens is 581 g/mol. The standard InChI is InChI=1S/C33H48FN5O4S/c1-23(2)39(24(3)4)32(40)28-18-26(34)8-11-30(28)43-31-19-35-15-12-29(31)38-21-33(22-38)13-16-37(17-14-33)20-25-6-9-27(10-7-25)36-44(5,41)42/h8,11-12,15,18-19,23-25,27,36H,6-7,9-10,13-14,16-17,20-22H2,1-5H3/t25-,27-. The van der Waals surface area contributed by atoms with Gasteiger partial charge in [-0.2, -0.15) is 0 Å². The van der Waals surface area contributed by atoms with Crippen molar-refractivity contribution < 1.29 is 22.3 Å². The minimum absolute atomic E-state index is 0.0458. The van der Waals surface area contributed by atoms with Crippen LogP contribution in [-0.2, 0) is 10.0 Å². The highest BCUT2D eigenvalue weighted by Gasteiger charge is 2.46. The lowest BCUT2D eigenvalue weighted by molar-refractivity contribution is 0.0622. The first-order valence-electron chi connectivity index (χ1n) is 16.0. The van der Waals surface area contributed by atoms with Gasteiger partial charge in [-0.3, -0.25) is 9.78 Å². The van der Waals surface area contributed by atoms with Gasteiger partial charge in [0.15, 0.2) is 5.75 Å². The molecule has 1 aliphatic carbocycles.